The van der Waals surface area contributed by atoms with E-state index in [1.165, 1.54) is 18.5 Å². The van der Waals surface area contributed by atoms with Gasteiger partial charge in [-0.25, -0.2) is 22.8 Å². The molecule has 0 aliphatic carbocycles. The maximum atomic E-state index is 13.5. The molecule has 0 fully saturated rings. The van der Waals surface area contributed by atoms with Crippen LogP contribution in [0.4, 0.5) is 16.0 Å². The number of nitrogens with one attached hydrogen (secondary N) is 2. The Morgan fingerprint density at radius 2 is 1.86 bits per heavy atom. The van der Waals surface area contributed by atoms with Crippen LogP contribution in [0.15, 0.2) is 33.9 Å². The molecule has 9 heteroatoms. The fraction of sp³-hybridized carbons (Fsp3) is 0.167. The summed E-state index contributed by atoms with van der Waals surface area (Å²) in [5.41, 5.74) is 0.744. The molecule has 0 aliphatic heterocycles. The minimum absolute atomic E-state index is 0.107. The summed E-state index contributed by atoms with van der Waals surface area (Å²) in [6.45, 7) is 1.67. The quantitative estimate of drug-likeness (QED) is 0.858. The average molecular weight is 375 g/mol. The molecule has 0 amide bonds. The maximum Gasteiger partial charge on any atom is 0.264 e. The van der Waals surface area contributed by atoms with E-state index >= 15 is 0 Å². The van der Waals surface area contributed by atoms with Crippen LogP contribution in [-0.2, 0) is 10.0 Å². The van der Waals surface area contributed by atoms with Crippen LogP contribution >= 0.6 is 15.9 Å². The highest BCUT2D eigenvalue weighted by atomic mass is 79.9. The van der Waals surface area contributed by atoms with Crippen LogP contribution in [0.3, 0.4) is 0 Å². The van der Waals surface area contributed by atoms with Gasteiger partial charge >= 0.3 is 0 Å². The van der Waals surface area contributed by atoms with Crippen molar-refractivity contribution in [2.24, 2.45) is 0 Å². The van der Waals surface area contributed by atoms with Gasteiger partial charge in [-0.3, -0.25) is 4.72 Å². The number of aryl methyl sites for hydroxylation is 1. The first-order valence-electron chi connectivity index (χ1n) is 5.82. The highest BCUT2D eigenvalue weighted by Gasteiger charge is 2.17. The van der Waals surface area contributed by atoms with E-state index < -0.39 is 15.8 Å². The van der Waals surface area contributed by atoms with E-state index in [0.29, 0.717) is 11.5 Å². The Morgan fingerprint density at radius 3 is 2.43 bits per heavy atom. The molecule has 21 heavy (non-hydrogen) atoms. The summed E-state index contributed by atoms with van der Waals surface area (Å²) < 4.78 is 40.5. The van der Waals surface area contributed by atoms with Crippen LogP contribution in [0.5, 0.6) is 0 Å². The van der Waals surface area contributed by atoms with Crippen molar-refractivity contribution >= 4 is 37.6 Å². The number of halogens is 2. The standard InChI is InChI=1S/C12H12BrFN4O2S/c1-7-3-9(13)10(14)4-11(7)18-21(19,20)8-5-16-12(15-2)17-6-8/h3-6,18H,1-2H3,(H,15,16,17). The maximum absolute atomic E-state index is 13.5. The number of benzene rings is 1. The normalized spacial score (nSPS) is 11.2. The molecule has 0 unspecified atom stereocenters. The summed E-state index contributed by atoms with van der Waals surface area (Å²) in [5, 5.41) is 2.69. The number of hydrogen-bond acceptors (Lipinski definition) is 5. The van der Waals surface area contributed by atoms with E-state index in [0.717, 1.165) is 6.07 Å². The minimum Gasteiger partial charge on any atom is -0.357 e. The van der Waals surface area contributed by atoms with Gasteiger partial charge in [-0.1, -0.05) is 0 Å². The van der Waals surface area contributed by atoms with Crippen molar-refractivity contribution in [1.29, 1.82) is 0 Å². The summed E-state index contributed by atoms with van der Waals surface area (Å²) in [7, 11) is -2.25. The molecule has 2 aromatic rings. The molecule has 1 aromatic heterocycles. The molecule has 0 radical (unpaired) electrons. The van der Waals surface area contributed by atoms with Crippen LogP contribution in [0.25, 0.3) is 0 Å². The Balaban J connectivity index is 2.34. The molecular weight excluding hydrogens is 363 g/mol. The second-order valence-electron chi connectivity index (χ2n) is 4.18. The van der Waals surface area contributed by atoms with Gasteiger partial charge in [0, 0.05) is 7.05 Å². The summed E-state index contributed by atoms with van der Waals surface area (Å²) >= 11 is 3.04. The first-order chi connectivity index (χ1) is 9.83. The SMILES string of the molecule is CNc1ncc(S(=O)(=O)Nc2cc(F)c(Br)cc2C)cn1. The van der Waals surface area contributed by atoms with Crippen LogP contribution in [0.1, 0.15) is 5.56 Å². The second-order valence-corrected chi connectivity index (χ2v) is 6.72. The van der Waals surface area contributed by atoms with Crippen molar-refractivity contribution in [3.8, 4) is 0 Å². The first-order valence-corrected chi connectivity index (χ1v) is 8.09. The highest BCUT2D eigenvalue weighted by Crippen LogP contribution is 2.25. The molecule has 2 N–H and O–H groups in total. The van der Waals surface area contributed by atoms with E-state index in [-0.39, 0.29) is 15.1 Å². The number of rotatable bonds is 4. The number of anilines is 2. The molecule has 0 aliphatic rings. The van der Waals surface area contributed by atoms with Crippen LogP contribution in [-0.4, -0.2) is 25.4 Å². The molecule has 6 nitrogen and oxygen atoms in total. The molecule has 0 spiro atoms. The van der Waals surface area contributed by atoms with Crippen molar-refractivity contribution < 1.29 is 12.8 Å². The van der Waals surface area contributed by atoms with Gasteiger partial charge in [0.1, 0.15) is 10.7 Å². The van der Waals surface area contributed by atoms with Crippen molar-refractivity contribution in [3.05, 3.63) is 40.4 Å². The smallest absolute Gasteiger partial charge is 0.264 e. The molecule has 1 aromatic carbocycles. The molecule has 0 atom stereocenters. The van der Waals surface area contributed by atoms with Gasteiger partial charge < -0.3 is 5.32 Å². The third-order valence-electron chi connectivity index (χ3n) is 2.67. The number of aromatic nitrogens is 2. The second kappa shape index (κ2) is 5.94. The van der Waals surface area contributed by atoms with Crippen molar-refractivity contribution in [2.75, 3.05) is 17.1 Å². The molecule has 2 rings (SSSR count). The molecule has 0 bridgehead atoms. The predicted octanol–water partition coefficient (Wildman–Crippen LogP) is 2.53. The third-order valence-corrected chi connectivity index (χ3v) is 4.60. The zero-order valence-electron chi connectivity index (χ0n) is 11.2. The highest BCUT2D eigenvalue weighted by molar-refractivity contribution is 9.10. The van der Waals surface area contributed by atoms with Crippen LogP contribution in [0, 0.1) is 12.7 Å². The third kappa shape index (κ3) is 3.48. The van der Waals surface area contributed by atoms with E-state index in [1.807, 2.05) is 0 Å². The zero-order valence-corrected chi connectivity index (χ0v) is 13.6. The topological polar surface area (TPSA) is 84.0 Å². The molecule has 112 valence electrons. The predicted molar refractivity (Wildman–Crippen MR) is 81.2 cm³/mol. The summed E-state index contributed by atoms with van der Waals surface area (Å²) in [5.74, 6) is -0.250. The van der Waals surface area contributed by atoms with Crippen LogP contribution < -0.4 is 10.0 Å². The lowest BCUT2D eigenvalue weighted by Gasteiger charge is -2.11. The number of sulfonamides is 1. The van der Waals surface area contributed by atoms with E-state index in [4.69, 9.17) is 0 Å². The Kier molecular flexibility index (Phi) is 4.43. The van der Waals surface area contributed by atoms with Gasteiger partial charge in [0.2, 0.25) is 5.95 Å². The fourth-order valence-corrected chi connectivity index (χ4v) is 3.01. The first kappa shape index (κ1) is 15.6. The minimum atomic E-state index is -3.88. The Bertz CT molecular complexity index is 766. The Hall–Kier alpha value is -1.74. The van der Waals surface area contributed by atoms with E-state index in [1.54, 1.807) is 14.0 Å². The molecular formula is C12H12BrFN4O2S. The fourth-order valence-electron chi connectivity index (χ4n) is 1.54. The van der Waals surface area contributed by atoms with Gasteiger partial charge in [-0.05, 0) is 40.5 Å². The van der Waals surface area contributed by atoms with Crippen LogP contribution in [0.2, 0.25) is 0 Å². The lowest BCUT2D eigenvalue weighted by molar-refractivity contribution is 0.600. The van der Waals surface area contributed by atoms with Gasteiger partial charge in [0.25, 0.3) is 10.0 Å². The zero-order chi connectivity index (χ0) is 15.6. The monoisotopic (exact) mass is 374 g/mol. The molecule has 0 saturated carbocycles. The van der Waals surface area contributed by atoms with Crippen molar-refractivity contribution in [3.63, 3.8) is 0 Å². The molecule has 0 saturated heterocycles. The van der Waals surface area contributed by atoms with Crippen molar-refractivity contribution in [2.45, 2.75) is 11.8 Å². The van der Waals surface area contributed by atoms with E-state index in [2.05, 4.69) is 35.9 Å². The van der Waals surface area contributed by atoms with Gasteiger partial charge in [-0.15, -0.1) is 0 Å². The van der Waals surface area contributed by atoms with Gasteiger partial charge in [0.05, 0.1) is 22.6 Å². The van der Waals surface area contributed by atoms with E-state index in [9.17, 15) is 12.8 Å². The number of nitrogens with zero attached hydrogens (tertiary/aromatic N) is 2. The van der Waals surface area contributed by atoms with Gasteiger partial charge in [-0.2, -0.15) is 0 Å². The lowest BCUT2D eigenvalue weighted by atomic mass is 10.2. The Morgan fingerprint density at radius 1 is 1.24 bits per heavy atom. The molecule has 1 heterocycles. The Labute approximate surface area is 130 Å². The summed E-state index contributed by atoms with van der Waals surface area (Å²) in [4.78, 5) is 7.57. The number of hydrogen-bond donors (Lipinski definition) is 2. The van der Waals surface area contributed by atoms with Gasteiger partial charge in [0.15, 0.2) is 0 Å². The average Bonchev–Trinajstić information content (AvgIpc) is 2.44. The summed E-state index contributed by atoms with van der Waals surface area (Å²) in [6, 6.07) is 2.60. The summed E-state index contributed by atoms with van der Waals surface area (Å²) in [6.07, 6.45) is 2.34. The largest absolute Gasteiger partial charge is 0.357 e. The van der Waals surface area contributed by atoms with Crippen molar-refractivity contribution in [1.82, 2.24) is 9.97 Å². The lowest BCUT2D eigenvalue weighted by Crippen LogP contribution is -2.15.